The molecule has 1 aliphatic rings. The predicted octanol–water partition coefficient (Wildman–Crippen LogP) is 0.858. The van der Waals surface area contributed by atoms with E-state index in [0.29, 0.717) is 0 Å². The Hall–Kier alpha value is -0.340. The van der Waals surface area contributed by atoms with Gasteiger partial charge in [-0.3, -0.25) is 0 Å². The lowest BCUT2D eigenvalue weighted by molar-refractivity contribution is 0.298. The van der Waals surface area contributed by atoms with Gasteiger partial charge in [-0.2, -0.15) is 0 Å². The molecule has 1 rings (SSSR count). The highest BCUT2D eigenvalue weighted by molar-refractivity contribution is 4.72. The van der Waals surface area contributed by atoms with Crippen LogP contribution in [0.2, 0.25) is 0 Å². The molecule has 1 saturated heterocycles. The quantitative estimate of drug-likeness (QED) is 0.606. The number of hydrogen-bond donors (Lipinski definition) is 1. The maximum absolute atomic E-state index is 3.73. The Balaban J connectivity index is 2.14. The van der Waals surface area contributed by atoms with Gasteiger partial charge >= 0.3 is 0 Å². The Morgan fingerprint density at radius 1 is 1.36 bits per heavy atom. The first-order valence-corrected chi connectivity index (χ1v) is 4.47. The van der Waals surface area contributed by atoms with Gasteiger partial charge in [0.25, 0.3) is 0 Å². The van der Waals surface area contributed by atoms with E-state index in [2.05, 4.69) is 16.8 Å². The average Bonchev–Trinajstić information content (AvgIpc) is 2.28. The lowest BCUT2D eigenvalue weighted by Crippen LogP contribution is -2.28. The van der Waals surface area contributed by atoms with Crippen LogP contribution in [-0.4, -0.2) is 37.6 Å². The van der Waals surface area contributed by atoms with Gasteiger partial charge in [-0.05, 0) is 25.9 Å². The van der Waals surface area contributed by atoms with Gasteiger partial charge in [-0.25, -0.2) is 0 Å². The molecule has 0 aromatic rings. The fourth-order valence-electron chi connectivity index (χ4n) is 1.40. The first-order chi connectivity index (χ1) is 5.43. The molecule has 1 fully saturated rings. The molecule has 0 aromatic heterocycles. The smallest absolute Gasteiger partial charge is 0.0107 e. The van der Waals surface area contributed by atoms with Gasteiger partial charge < -0.3 is 10.2 Å². The molecule has 1 N–H and O–H groups in total. The van der Waals surface area contributed by atoms with Crippen molar-refractivity contribution in [3.63, 3.8) is 0 Å². The van der Waals surface area contributed by atoms with E-state index in [4.69, 9.17) is 0 Å². The standard InChI is InChI=1S/C9H18N2/c1-2-3-7-11-8-4-5-10-6-9-11/h2,10H,1,3-9H2. The number of nitrogens with one attached hydrogen (secondary N) is 1. The molecule has 0 aliphatic carbocycles. The van der Waals surface area contributed by atoms with Crippen molar-refractivity contribution in [2.75, 3.05) is 32.7 Å². The molecule has 0 saturated carbocycles. The van der Waals surface area contributed by atoms with Crippen LogP contribution in [0.15, 0.2) is 12.7 Å². The van der Waals surface area contributed by atoms with Gasteiger partial charge in [0.15, 0.2) is 0 Å². The number of nitrogens with zero attached hydrogens (tertiary/aromatic N) is 1. The molecule has 0 atom stereocenters. The summed E-state index contributed by atoms with van der Waals surface area (Å²) in [5.41, 5.74) is 0. The summed E-state index contributed by atoms with van der Waals surface area (Å²) in [6.07, 6.45) is 4.41. The van der Waals surface area contributed by atoms with Gasteiger partial charge in [0.1, 0.15) is 0 Å². The average molecular weight is 154 g/mol. The van der Waals surface area contributed by atoms with E-state index in [0.717, 1.165) is 13.0 Å². The predicted molar refractivity (Wildman–Crippen MR) is 48.7 cm³/mol. The fraction of sp³-hybridized carbons (Fsp3) is 0.778. The lowest BCUT2D eigenvalue weighted by Gasteiger charge is -2.17. The van der Waals surface area contributed by atoms with Crippen molar-refractivity contribution in [1.82, 2.24) is 10.2 Å². The van der Waals surface area contributed by atoms with Crippen LogP contribution in [0.25, 0.3) is 0 Å². The zero-order valence-electron chi connectivity index (χ0n) is 7.18. The second-order valence-corrected chi connectivity index (χ2v) is 3.02. The molecule has 0 aromatic carbocycles. The third kappa shape index (κ3) is 3.54. The first kappa shape index (κ1) is 8.75. The van der Waals surface area contributed by atoms with Crippen LogP contribution in [0.4, 0.5) is 0 Å². The van der Waals surface area contributed by atoms with Crippen molar-refractivity contribution in [2.24, 2.45) is 0 Å². The van der Waals surface area contributed by atoms with Crippen molar-refractivity contribution in [2.45, 2.75) is 12.8 Å². The minimum atomic E-state index is 1.12. The number of rotatable bonds is 3. The zero-order chi connectivity index (χ0) is 7.94. The van der Waals surface area contributed by atoms with E-state index < -0.39 is 0 Å². The van der Waals surface area contributed by atoms with Crippen LogP contribution in [0.1, 0.15) is 12.8 Å². The highest BCUT2D eigenvalue weighted by Crippen LogP contribution is 1.96. The highest BCUT2D eigenvalue weighted by atomic mass is 15.1. The third-order valence-electron chi connectivity index (χ3n) is 2.08. The Morgan fingerprint density at radius 2 is 2.27 bits per heavy atom. The van der Waals surface area contributed by atoms with E-state index in [1.165, 1.54) is 32.6 Å². The summed E-state index contributed by atoms with van der Waals surface area (Å²) in [4.78, 5) is 2.50. The van der Waals surface area contributed by atoms with E-state index >= 15 is 0 Å². The molecule has 1 heterocycles. The van der Waals surface area contributed by atoms with Crippen LogP contribution < -0.4 is 5.32 Å². The van der Waals surface area contributed by atoms with Crippen LogP contribution in [0.5, 0.6) is 0 Å². The Morgan fingerprint density at radius 3 is 3.09 bits per heavy atom. The molecular weight excluding hydrogens is 136 g/mol. The summed E-state index contributed by atoms with van der Waals surface area (Å²) < 4.78 is 0. The molecule has 64 valence electrons. The SMILES string of the molecule is C=CCCN1CCCNCC1. The molecule has 0 unspecified atom stereocenters. The van der Waals surface area contributed by atoms with Crippen molar-refractivity contribution < 1.29 is 0 Å². The number of hydrogen-bond acceptors (Lipinski definition) is 2. The van der Waals surface area contributed by atoms with Crippen LogP contribution in [-0.2, 0) is 0 Å². The molecule has 0 spiro atoms. The van der Waals surface area contributed by atoms with E-state index in [1.807, 2.05) is 6.08 Å². The molecule has 0 radical (unpaired) electrons. The lowest BCUT2D eigenvalue weighted by atomic mass is 10.3. The molecular formula is C9H18N2. The van der Waals surface area contributed by atoms with Gasteiger partial charge in [-0.15, -0.1) is 6.58 Å². The van der Waals surface area contributed by atoms with E-state index in [9.17, 15) is 0 Å². The van der Waals surface area contributed by atoms with E-state index in [-0.39, 0.29) is 0 Å². The van der Waals surface area contributed by atoms with Crippen molar-refractivity contribution >= 4 is 0 Å². The van der Waals surface area contributed by atoms with E-state index in [1.54, 1.807) is 0 Å². The van der Waals surface area contributed by atoms with Gasteiger partial charge in [0, 0.05) is 19.6 Å². The minimum Gasteiger partial charge on any atom is -0.315 e. The van der Waals surface area contributed by atoms with Crippen LogP contribution in [0, 0.1) is 0 Å². The molecule has 2 nitrogen and oxygen atoms in total. The summed E-state index contributed by atoms with van der Waals surface area (Å²) in [6.45, 7) is 9.70. The largest absolute Gasteiger partial charge is 0.315 e. The maximum atomic E-state index is 3.73. The summed E-state index contributed by atoms with van der Waals surface area (Å²) >= 11 is 0. The normalized spacial score (nSPS) is 21.1. The Bertz CT molecular complexity index is 104. The molecule has 2 heteroatoms. The summed E-state index contributed by atoms with van der Waals surface area (Å²) in [5.74, 6) is 0. The van der Waals surface area contributed by atoms with Gasteiger partial charge in [0.2, 0.25) is 0 Å². The van der Waals surface area contributed by atoms with Crippen molar-refractivity contribution in [1.29, 1.82) is 0 Å². The monoisotopic (exact) mass is 154 g/mol. The van der Waals surface area contributed by atoms with Crippen molar-refractivity contribution in [3.8, 4) is 0 Å². The minimum absolute atomic E-state index is 1.12. The van der Waals surface area contributed by atoms with Crippen LogP contribution >= 0.6 is 0 Å². The molecule has 0 bridgehead atoms. The summed E-state index contributed by atoms with van der Waals surface area (Å²) in [7, 11) is 0. The van der Waals surface area contributed by atoms with Crippen LogP contribution in [0.3, 0.4) is 0 Å². The Labute approximate surface area is 69.3 Å². The third-order valence-corrected chi connectivity index (χ3v) is 2.08. The van der Waals surface area contributed by atoms with Gasteiger partial charge in [-0.1, -0.05) is 6.08 Å². The first-order valence-electron chi connectivity index (χ1n) is 4.47. The van der Waals surface area contributed by atoms with Crippen molar-refractivity contribution in [3.05, 3.63) is 12.7 Å². The molecule has 1 aliphatic heterocycles. The Kier molecular flexibility index (Phi) is 4.24. The zero-order valence-corrected chi connectivity index (χ0v) is 7.18. The fourth-order valence-corrected chi connectivity index (χ4v) is 1.40. The second-order valence-electron chi connectivity index (χ2n) is 3.02. The molecule has 11 heavy (non-hydrogen) atoms. The summed E-state index contributed by atoms with van der Waals surface area (Å²) in [6, 6.07) is 0. The second kappa shape index (κ2) is 5.33. The summed E-state index contributed by atoms with van der Waals surface area (Å²) in [5, 5.41) is 3.39. The molecule has 0 amide bonds. The topological polar surface area (TPSA) is 15.3 Å². The van der Waals surface area contributed by atoms with Gasteiger partial charge in [0.05, 0.1) is 0 Å². The highest BCUT2D eigenvalue weighted by Gasteiger charge is 2.05. The maximum Gasteiger partial charge on any atom is 0.0107 e.